The fraction of sp³-hybridized carbons (Fsp3) is 0.480. The molecule has 0 radical (unpaired) electrons. The van der Waals surface area contributed by atoms with Crippen molar-refractivity contribution in [3.8, 4) is 0 Å². The van der Waals surface area contributed by atoms with Crippen LogP contribution in [0.25, 0.3) is 11.1 Å². The lowest BCUT2D eigenvalue weighted by molar-refractivity contribution is 0.0935. The third-order valence-corrected chi connectivity index (χ3v) is 6.76. The Bertz CT molecular complexity index is 1140. The van der Waals surface area contributed by atoms with E-state index in [1.807, 2.05) is 12.1 Å². The number of rotatable bonds is 6. The lowest BCUT2D eigenvalue weighted by atomic mass is 9.96. The van der Waals surface area contributed by atoms with Crippen molar-refractivity contribution >= 4 is 22.8 Å². The molecular formula is C25H30FN5O3. The normalized spacial score (nSPS) is 17.9. The zero-order valence-corrected chi connectivity index (χ0v) is 19.4. The summed E-state index contributed by atoms with van der Waals surface area (Å²) in [6.45, 7) is 7.85. The van der Waals surface area contributed by atoms with Gasteiger partial charge in [0.2, 0.25) is 5.71 Å². The Morgan fingerprint density at radius 1 is 1.12 bits per heavy atom. The van der Waals surface area contributed by atoms with E-state index < -0.39 is 0 Å². The highest BCUT2D eigenvalue weighted by Crippen LogP contribution is 2.31. The maximum Gasteiger partial charge on any atom is 0.255 e. The van der Waals surface area contributed by atoms with Crippen molar-refractivity contribution in [3.05, 3.63) is 53.3 Å². The molecule has 0 saturated carbocycles. The van der Waals surface area contributed by atoms with Crippen LogP contribution in [-0.4, -0.2) is 66.7 Å². The van der Waals surface area contributed by atoms with Crippen molar-refractivity contribution in [3.63, 3.8) is 0 Å². The first-order valence-electron chi connectivity index (χ1n) is 11.9. The SMILES string of the molecule is Cc1oc2ncnc(N3CCOCC3)c2c1C(=O)NCC1CCN(Cc2ccc(F)cc2)CC1. The van der Waals surface area contributed by atoms with Gasteiger partial charge in [0.1, 0.15) is 23.7 Å². The van der Waals surface area contributed by atoms with E-state index in [4.69, 9.17) is 9.15 Å². The van der Waals surface area contributed by atoms with E-state index in [2.05, 4.69) is 25.1 Å². The van der Waals surface area contributed by atoms with Crippen LogP contribution in [0.15, 0.2) is 35.0 Å². The van der Waals surface area contributed by atoms with Crippen molar-refractivity contribution in [1.29, 1.82) is 0 Å². The van der Waals surface area contributed by atoms with Crippen LogP contribution in [0.2, 0.25) is 0 Å². The second-order valence-electron chi connectivity index (χ2n) is 9.07. The third-order valence-electron chi connectivity index (χ3n) is 6.76. The lowest BCUT2D eigenvalue weighted by Crippen LogP contribution is -2.38. The van der Waals surface area contributed by atoms with Crippen molar-refractivity contribution in [2.75, 3.05) is 50.8 Å². The maximum absolute atomic E-state index is 13.2. The number of anilines is 1. The van der Waals surface area contributed by atoms with Crippen LogP contribution >= 0.6 is 0 Å². The zero-order valence-electron chi connectivity index (χ0n) is 19.4. The maximum atomic E-state index is 13.2. The van der Waals surface area contributed by atoms with Crippen molar-refractivity contribution < 1.29 is 18.3 Å². The molecule has 3 aromatic rings. The van der Waals surface area contributed by atoms with E-state index in [1.165, 1.54) is 18.5 Å². The average molecular weight is 468 g/mol. The predicted molar refractivity (Wildman–Crippen MR) is 126 cm³/mol. The molecule has 5 rings (SSSR count). The van der Waals surface area contributed by atoms with Crippen LogP contribution in [0.1, 0.15) is 34.5 Å². The largest absolute Gasteiger partial charge is 0.442 e. The number of nitrogens with one attached hydrogen (secondary N) is 1. The summed E-state index contributed by atoms with van der Waals surface area (Å²) in [7, 11) is 0. The minimum absolute atomic E-state index is 0.144. The number of amides is 1. The molecule has 0 bridgehead atoms. The quantitative estimate of drug-likeness (QED) is 0.596. The number of aromatic nitrogens is 2. The first kappa shape index (κ1) is 22.7. The molecule has 1 amide bonds. The number of carbonyl (C=O) groups is 1. The molecule has 2 aliphatic rings. The van der Waals surface area contributed by atoms with Gasteiger partial charge in [-0.2, -0.15) is 0 Å². The number of aryl methyl sites for hydroxylation is 1. The molecule has 2 fully saturated rings. The fourth-order valence-corrected chi connectivity index (χ4v) is 4.84. The Morgan fingerprint density at radius 2 is 1.85 bits per heavy atom. The van der Waals surface area contributed by atoms with E-state index in [0.29, 0.717) is 61.2 Å². The molecule has 8 nitrogen and oxygen atoms in total. The minimum atomic E-state index is -0.206. The predicted octanol–water partition coefficient (Wildman–Crippen LogP) is 3.15. The highest BCUT2D eigenvalue weighted by atomic mass is 19.1. The summed E-state index contributed by atoms with van der Waals surface area (Å²) in [5.41, 5.74) is 2.08. The van der Waals surface area contributed by atoms with Gasteiger partial charge in [0.25, 0.3) is 5.91 Å². The summed E-state index contributed by atoms with van der Waals surface area (Å²) in [5, 5.41) is 3.81. The summed E-state index contributed by atoms with van der Waals surface area (Å²) < 4.78 is 24.4. The molecule has 34 heavy (non-hydrogen) atoms. The molecule has 180 valence electrons. The highest BCUT2D eigenvalue weighted by molar-refractivity contribution is 6.10. The molecule has 0 aliphatic carbocycles. The fourth-order valence-electron chi connectivity index (χ4n) is 4.84. The van der Waals surface area contributed by atoms with Gasteiger partial charge in [0, 0.05) is 26.2 Å². The molecule has 1 aromatic carbocycles. The Hall–Kier alpha value is -3.04. The lowest BCUT2D eigenvalue weighted by Gasteiger charge is -2.32. The van der Waals surface area contributed by atoms with Crippen molar-refractivity contribution in [2.45, 2.75) is 26.3 Å². The summed E-state index contributed by atoms with van der Waals surface area (Å²) in [5.74, 6) is 1.35. The molecule has 2 aromatic heterocycles. The minimum Gasteiger partial charge on any atom is -0.442 e. The summed E-state index contributed by atoms with van der Waals surface area (Å²) in [6, 6.07) is 6.70. The van der Waals surface area contributed by atoms with Crippen LogP contribution < -0.4 is 10.2 Å². The molecular weight excluding hydrogens is 437 g/mol. The van der Waals surface area contributed by atoms with Gasteiger partial charge >= 0.3 is 0 Å². The molecule has 2 saturated heterocycles. The zero-order chi connectivity index (χ0) is 23.5. The monoisotopic (exact) mass is 467 g/mol. The molecule has 1 N–H and O–H groups in total. The molecule has 0 spiro atoms. The van der Waals surface area contributed by atoms with Crippen molar-refractivity contribution in [2.24, 2.45) is 5.92 Å². The number of hydrogen-bond acceptors (Lipinski definition) is 7. The first-order valence-corrected chi connectivity index (χ1v) is 11.9. The van der Waals surface area contributed by atoms with Gasteiger partial charge < -0.3 is 19.4 Å². The van der Waals surface area contributed by atoms with E-state index in [9.17, 15) is 9.18 Å². The molecule has 4 heterocycles. The number of halogens is 1. The number of nitrogens with zero attached hydrogens (tertiary/aromatic N) is 4. The smallest absolute Gasteiger partial charge is 0.255 e. The average Bonchev–Trinajstić information content (AvgIpc) is 3.21. The van der Waals surface area contributed by atoms with Crippen LogP contribution in [-0.2, 0) is 11.3 Å². The second-order valence-corrected chi connectivity index (χ2v) is 9.07. The van der Waals surface area contributed by atoms with E-state index >= 15 is 0 Å². The second kappa shape index (κ2) is 10.1. The highest BCUT2D eigenvalue weighted by Gasteiger charge is 2.27. The Kier molecular flexibility index (Phi) is 6.73. The summed E-state index contributed by atoms with van der Waals surface area (Å²) in [4.78, 5) is 26.5. The number of morpholine rings is 1. The van der Waals surface area contributed by atoms with E-state index in [0.717, 1.165) is 43.9 Å². The molecule has 2 aliphatic heterocycles. The number of carbonyl (C=O) groups excluding carboxylic acids is 1. The van der Waals surface area contributed by atoms with Gasteiger partial charge in [-0.05, 0) is 56.5 Å². The number of likely N-dealkylation sites (tertiary alicyclic amines) is 1. The number of piperidine rings is 1. The topological polar surface area (TPSA) is 83.7 Å². The number of furan rings is 1. The first-order chi connectivity index (χ1) is 16.6. The molecule has 9 heteroatoms. The van der Waals surface area contributed by atoms with Gasteiger partial charge in [0.15, 0.2) is 0 Å². The van der Waals surface area contributed by atoms with Crippen LogP contribution in [0, 0.1) is 18.7 Å². The van der Waals surface area contributed by atoms with Crippen LogP contribution in [0.4, 0.5) is 10.2 Å². The van der Waals surface area contributed by atoms with Gasteiger partial charge in [0.05, 0.1) is 24.2 Å². The molecule has 0 atom stereocenters. The van der Waals surface area contributed by atoms with Crippen LogP contribution in [0.3, 0.4) is 0 Å². The van der Waals surface area contributed by atoms with E-state index in [-0.39, 0.29) is 11.7 Å². The van der Waals surface area contributed by atoms with Gasteiger partial charge in [-0.15, -0.1) is 0 Å². The van der Waals surface area contributed by atoms with Gasteiger partial charge in [-0.25, -0.2) is 14.4 Å². The Labute approximate surface area is 198 Å². The van der Waals surface area contributed by atoms with Crippen molar-refractivity contribution in [1.82, 2.24) is 20.2 Å². The number of benzene rings is 1. The van der Waals surface area contributed by atoms with Gasteiger partial charge in [-0.3, -0.25) is 9.69 Å². The standard InChI is InChI=1S/C25H30FN5O3/c1-17-21(22-23(28-16-29-25(22)34-17)31-10-12-33-13-11-31)24(32)27-14-18-6-8-30(9-7-18)15-19-2-4-20(26)5-3-19/h2-5,16,18H,6-15H2,1H3,(H,27,32). The Morgan fingerprint density at radius 3 is 2.59 bits per heavy atom. The molecule has 0 unspecified atom stereocenters. The summed E-state index contributed by atoms with van der Waals surface area (Å²) >= 11 is 0. The van der Waals surface area contributed by atoms with Crippen LogP contribution in [0.5, 0.6) is 0 Å². The summed E-state index contributed by atoms with van der Waals surface area (Å²) in [6.07, 6.45) is 3.50. The Balaban J connectivity index is 1.21. The number of fused-ring (bicyclic) bond motifs is 1. The number of ether oxygens (including phenoxy) is 1. The van der Waals surface area contributed by atoms with E-state index in [1.54, 1.807) is 6.92 Å². The number of hydrogen-bond donors (Lipinski definition) is 1. The van der Waals surface area contributed by atoms with Gasteiger partial charge in [-0.1, -0.05) is 12.1 Å². The third kappa shape index (κ3) is 4.90.